The molecule has 0 radical (unpaired) electrons. The molecule has 0 saturated carbocycles. The van der Waals surface area contributed by atoms with Crippen LogP contribution in [0.4, 0.5) is 10.1 Å². The normalized spacial score (nSPS) is 18.4. The van der Waals surface area contributed by atoms with Crippen molar-refractivity contribution in [1.82, 2.24) is 5.32 Å². The van der Waals surface area contributed by atoms with Crippen LogP contribution in [-0.4, -0.2) is 18.4 Å². The van der Waals surface area contributed by atoms with E-state index in [-0.39, 0.29) is 29.5 Å². The molecular weight excluding hydrogens is 419 g/mol. The van der Waals surface area contributed by atoms with Crippen molar-refractivity contribution in [3.05, 3.63) is 88.6 Å². The fraction of sp³-hybridized carbons (Fsp3) is 0.333. The molecule has 1 N–H and O–H groups in total. The van der Waals surface area contributed by atoms with Crippen LogP contribution in [0.3, 0.4) is 0 Å². The summed E-state index contributed by atoms with van der Waals surface area (Å²) in [5, 5.41) is 2.86. The van der Waals surface area contributed by atoms with Crippen molar-refractivity contribution < 1.29 is 18.4 Å². The highest BCUT2D eigenvalue weighted by molar-refractivity contribution is 5.99. The summed E-state index contributed by atoms with van der Waals surface area (Å²) < 4.78 is 19.5. The minimum absolute atomic E-state index is 0.0704. The predicted molar refractivity (Wildman–Crippen MR) is 126 cm³/mol. The van der Waals surface area contributed by atoms with Crippen LogP contribution in [-0.2, 0) is 17.8 Å². The molecule has 4 rings (SSSR count). The maximum absolute atomic E-state index is 14.2. The smallest absolute Gasteiger partial charge is 0.251 e. The summed E-state index contributed by atoms with van der Waals surface area (Å²) in [5.41, 5.74) is 3.80. The number of piperidine rings is 1. The van der Waals surface area contributed by atoms with Gasteiger partial charge in [0.05, 0.1) is 12.8 Å². The molecule has 1 fully saturated rings. The van der Waals surface area contributed by atoms with Gasteiger partial charge >= 0.3 is 0 Å². The summed E-state index contributed by atoms with van der Waals surface area (Å²) in [6, 6.07) is 14.1. The lowest BCUT2D eigenvalue weighted by Crippen LogP contribution is -2.46. The Labute approximate surface area is 193 Å². The number of furan rings is 1. The lowest BCUT2D eigenvalue weighted by Gasteiger charge is -2.38. The van der Waals surface area contributed by atoms with Gasteiger partial charge in [0, 0.05) is 23.7 Å². The van der Waals surface area contributed by atoms with Crippen LogP contribution in [0.1, 0.15) is 46.2 Å². The predicted octanol–water partition coefficient (Wildman–Crippen LogP) is 5.20. The van der Waals surface area contributed by atoms with Crippen molar-refractivity contribution in [2.45, 2.75) is 40.2 Å². The van der Waals surface area contributed by atoms with Crippen molar-refractivity contribution in [3.8, 4) is 0 Å². The molecule has 1 aliphatic heterocycles. The van der Waals surface area contributed by atoms with Gasteiger partial charge in [-0.25, -0.2) is 4.39 Å². The maximum Gasteiger partial charge on any atom is 0.251 e. The van der Waals surface area contributed by atoms with Crippen molar-refractivity contribution in [2.75, 3.05) is 11.4 Å². The SMILES string of the molecule is Cc1cc(C(=O)NCc2ccco2)cc(C)c1N1C[C@@H](Cc2ccccc2F)C[C@@H](C)C1=O. The molecule has 2 heterocycles. The topological polar surface area (TPSA) is 62.6 Å². The van der Waals surface area contributed by atoms with E-state index >= 15 is 0 Å². The van der Waals surface area contributed by atoms with Gasteiger partial charge < -0.3 is 14.6 Å². The average molecular weight is 449 g/mol. The number of amides is 2. The first kappa shape index (κ1) is 22.8. The van der Waals surface area contributed by atoms with Gasteiger partial charge in [-0.05, 0) is 79.6 Å². The van der Waals surface area contributed by atoms with Gasteiger partial charge in [0.25, 0.3) is 5.91 Å². The largest absolute Gasteiger partial charge is 0.467 e. The lowest BCUT2D eigenvalue weighted by atomic mass is 9.84. The van der Waals surface area contributed by atoms with Crippen molar-refractivity contribution in [1.29, 1.82) is 0 Å². The summed E-state index contributed by atoms with van der Waals surface area (Å²) >= 11 is 0. The number of nitrogens with one attached hydrogen (secondary N) is 1. The summed E-state index contributed by atoms with van der Waals surface area (Å²) in [5.74, 6) is 0.365. The molecule has 0 unspecified atom stereocenters. The highest BCUT2D eigenvalue weighted by Gasteiger charge is 2.34. The second-order valence-electron chi connectivity index (χ2n) is 8.97. The Morgan fingerprint density at radius 3 is 2.55 bits per heavy atom. The zero-order chi connectivity index (χ0) is 23.5. The van der Waals surface area contributed by atoms with Gasteiger partial charge in [-0.15, -0.1) is 0 Å². The quantitative estimate of drug-likeness (QED) is 0.564. The number of benzene rings is 2. The zero-order valence-corrected chi connectivity index (χ0v) is 19.2. The number of hydrogen-bond acceptors (Lipinski definition) is 3. The fourth-order valence-electron chi connectivity index (χ4n) is 4.81. The number of anilines is 1. The van der Waals surface area contributed by atoms with Gasteiger partial charge in [0.1, 0.15) is 11.6 Å². The van der Waals surface area contributed by atoms with Crippen molar-refractivity contribution in [3.63, 3.8) is 0 Å². The highest BCUT2D eigenvalue weighted by Crippen LogP contribution is 2.34. The minimum atomic E-state index is -0.203. The van der Waals surface area contributed by atoms with Gasteiger partial charge in [-0.2, -0.15) is 0 Å². The summed E-state index contributed by atoms with van der Waals surface area (Å²) in [7, 11) is 0. The van der Waals surface area contributed by atoms with E-state index in [9.17, 15) is 14.0 Å². The summed E-state index contributed by atoms with van der Waals surface area (Å²) in [6.45, 7) is 6.62. The van der Waals surface area contributed by atoms with E-state index in [0.29, 0.717) is 36.4 Å². The summed E-state index contributed by atoms with van der Waals surface area (Å²) in [4.78, 5) is 27.6. The van der Waals surface area contributed by atoms with Crippen LogP contribution >= 0.6 is 0 Å². The molecule has 2 aromatic carbocycles. The molecule has 172 valence electrons. The molecule has 33 heavy (non-hydrogen) atoms. The van der Waals surface area contributed by atoms with Gasteiger partial charge in [-0.1, -0.05) is 25.1 Å². The lowest BCUT2D eigenvalue weighted by molar-refractivity contribution is -0.124. The minimum Gasteiger partial charge on any atom is -0.467 e. The van der Waals surface area contributed by atoms with Crippen molar-refractivity contribution in [2.24, 2.45) is 11.8 Å². The average Bonchev–Trinajstić information content (AvgIpc) is 3.30. The number of nitrogens with zero attached hydrogens (tertiary/aromatic N) is 1. The van der Waals surface area contributed by atoms with Crippen LogP contribution in [0.2, 0.25) is 0 Å². The van der Waals surface area contributed by atoms with Gasteiger partial charge in [-0.3, -0.25) is 9.59 Å². The first-order valence-corrected chi connectivity index (χ1v) is 11.3. The fourth-order valence-corrected chi connectivity index (χ4v) is 4.81. The molecule has 2 amide bonds. The monoisotopic (exact) mass is 448 g/mol. The number of halogens is 1. The molecule has 5 nitrogen and oxygen atoms in total. The summed E-state index contributed by atoms with van der Waals surface area (Å²) in [6.07, 6.45) is 2.89. The van der Waals surface area contributed by atoms with Crippen LogP contribution in [0.15, 0.2) is 59.2 Å². The van der Waals surface area contributed by atoms with Gasteiger partial charge in [0.2, 0.25) is 5.91 Å². The second-order valence-corrected chi connectivity index (χ2v) is 8.97. The van der Waals surface area contributed by atoms with Gasteiger partial charge in [0.15, 0.2) is 0 Å². The van der Waals surface area contributed by atoms with E-state index in [1.165, 1.54) is 6.07 Å². The highest BCUT2D eigenvalue weighted by atomic mass is 19.1. The number of hydrogen-bond donors (Lipinski definition) is 1. The molecule has 2 atom stereocenters. The molecule has 6 heteroatoms. The van der Waals surface area contributed by atoms with Crippen LogP contribution in [0.25, 0.3) is 0 Å². The Hall–Kier alpha value is -3.41. The first-order chi connectivity index (χ1) is 15.8. The van der Waals surface area contributed by atoms with E-state index in [2.05, 4.69) is 5.32 Å². The number of carbonyl (C=O) groups excluding carboxylic acids is 2. The van der Waals surface area contributed by atoms with E-state index in [4.69, 9.17) is 4.42 Å². The van der Waals surface area contributed by atoms with Crippen LogP contribution in [0.5, 0.6) is 0 Å². The molecular formula is C27H29FN2O3. The molecule has 3 aromatic rings. The standard InChI is InChI=1S/C27H29FN2O3/c1-17-12-22(26(31)29-15-23-8-6-10-33-23)13-18(2)25(17)30-16-20(11-19(3)27(30)32)14-21-7-4-5-9-24(21)28/h4-10,12-13,19-20H,11,14-16H2,1-3H3,(H,29,31)/t19-,20-/m1/s1. The maximum atomic E-state index is 14.2. The number of rotatable bonds is 6. The Balaban J connectivity index is 1.54. The molecule has 0 aliphatic carbocycles. The molecule has 0 spiro atoms. The third kappa shape index (κ3) is 5.00. The first-order valence-electron chi connectivity index (χ1n) is 11.3. The number of carbonyl (C=O) groups is 2. The molecule has 1 aromatic heterocycles. The third-order valence-electron chi connectivity index (χ3n) is 6.31. The van der Waals surface area contributed by atoms with Crippen LogP contribution < -0.4 is 10.2 Å². The van der Waals surface area contributed by atoms with E-state index in [1.807, 2.05) is 49.9 Å². The number of aryl methyl sites for hydroxylation is 2. The van der Waals surface area contributed by atoms with E-state index in [1.54, 1.807) is 24.5 Å². The van der Waals surface area contributed by atoms with E-state index in [0.717, 1.165) is 23.2 Å². The van der Waals surface area contributed by atoms with E-state index < -0.39 is 0 Å². The molecule has 1 saturated heterocycles. The van der Waals surface area contributed by atoms with Crippen LogP contribution in [0, 0.1) is 31.5 Å². The van der Waals surface area contributed by atoms with Crippen molar-refractivity contribution >= 4 is 17.5 Å². The Kier molecular flexibility index (Phi) is 6.63. The molecule has 0 bridgehead atoms. The Morgan fingerprint density at radius 1 is 1.15 bits per heavy atom. The Bertz CT molecular complexity index is 1130. The zero-order valence-electron chi connectivity index (χ0n) is 19.2. The second kappa shape index (κ2) is 9.61. The third-order valence-corrected chi connectivity index (χ3v) is 6.31. The molecule has 1 aliphatic rings. The Morgan fingerprint density at radius 2 is 1.88 bits per heavy atom.